The molecule has 19 heavy (non-hydrogen) atoms. The van der Waals surface area contributed by atoms with Crippen LogP contribution in [0.5, 0.6) is 0 Å². The average Bonchev–Trinajstić information content (AvgIpc) is 2.39. The summed E-state index contributed by atoms with van der Waals surface area (Å²) in [6.45, 7) is 5.33. The first kappa shape index (κ1) is 13.9. The standard InChI is InChI=1S/C17H23NO/c1-3-7-16-13-17(19)12-14(2)18(16)11-10-15-8-5-4-6-9-15/h4-6,8-9,13-14H,3,7,10-12H2,1-2H3. The molecule has 0 bridgehead atoms. The first-order chi connectivity index (χ1) is 9.20. The molecule has 0 saturated heterocycles. The van der Waals surface area contributed by atoms with E-state index in [0.29, 0.717) is 12.5 Å². The molecule has 1 aromatic carbocycles. The van der Waals surface area contributed by atoms with Crippen molar-refractivity contribution >= 4 is 5.78 Å². The fourth-order valence-corrected chi connectivity index (χ4v) is 2.74. The molecule has 1 unspecified atom stereocenters. The number of ketones is 1. The van der Waals surface area contributed by atoms with Gasteiger partial charge < -0.3 is 4.90 Å². The fourth-order valence-electron chi connectivity index (χ4n) is 2.74. The Labute approximate surface area is 116 Å². The lowest BCUT2D eigenvalue weighted by Crippen LogP contribution is -2.39. The average molecular weight is 257 g/mol. The van der Waals surface area contributed by atoms with E-state index < -0.39 is 0 Å². The van der Waals surface area contributed by atoms with Crippen molar-refractivity contribution in [1.29, 1.82) is 0 Å². The van der Waals surface area contributed by atoms with Gasteiger partial charge in [-0.05, 0) is 25.3 Å². The molecule has 2 nitrogen and oxygen atoms in total. The zero-order chi connectivity index (χ0) is 13.7. The third-order valence-electron chi connectivity index (χ3n) is 3.72. The summed E-state index contributed by atoms with van der Waals surface area (Å²) in [4.78, 5) is 14.1. The summed E-state index contributed by atoms with van der Waals surface area (Å²) in [5.74, 6) is 0.284. The molecular formula is C17H23NO. The van der Waals surface area contributed by atoms with Crippen LogP contribution in [-0.4, -0.2) is 23.3 Å². The van der Waals surface area contributed by atoms with Gasteiger partial charge >= 0.3 is 0 Å². The third-order valence-corrected chi connectivity index (χ3v) is 3.72. The molecule has 2 rings (SSSR count). The van der Waals surface area contributed by atoms with Crippen LogP contribution in [0, 0.1) is 0 Å². The Morgan fingerprint density at radius 2 is 1.95 bits per heavy atom. The highest BCUT2D eigenvalue weighted by Gasteiger charge is 2.23. The van der Waals surface area contributed by atoms with Crippen molar-refractivity contribution in [2.45, 2.75) is 45.6 Å². The topological polar surface area (TPSA) is 20.3 Å². The van der Waals surface area contributed by atoms with Gasteiger partial charge in [0.25, 0.3) is 0 Å². The first-order valence-electron chi connectivity index (χ1n) is 7.24. The minimum Gasteiger partial charge on any atom is -0.371 e. The van der Waals surface area contributed by atoms with E-state index in [1.165, 1.54) is 11.3 Å². The number of allylic oxidation sites excluding steroid dienone is 2. The van der Waals surface area contributed by atoms with E-state index in [-0.39, 0.29) is 5.78 Å². The summed E-state index contributed by atoms with van der Waals surface area (Å²) in [5, 5.41) is 0. The Hall–Kier alpha value is -1.57. The van der Waals surface area contributed by atoms with Crippen LogP contribution in [-0.2, 0) is 11.2 Å². The van der Waals surface area contributed by atoms with Crippen LogP contribution in [0.2, 0.25) is 0 Å². The molecule has 0 radical (unpaired) electrons. The van der Waals surface area contributed by atoms with E-state index in [2.05, 4.69) is 43.0 Å². The monoisotopic (exact) mass is 257 g/mol. The predicted octanol–water partition coefficient (Wildman–Crippen LogP) is 3.58. The van der Waals surface area contributed by atoms with Gasteiger partial charge in [-0.15, -0.1) is 0 Å². The second kappa shape index (κ2) is 6.55. The van der Waals surface area contributed by atoms with Gasteiger partial charge in [0.05, 0.1) is 0 Å². The van der Waals surface area contributed by atoms with Crippen molar-refractivity contribution in [1.82, 2.24) is 4.90 Å². The minimum atomic E-state index is 0.284. The summed E-state index contributed by atoms with van der Waals surface area (Å²) < 4.78 is 0. The SMILES string of the molecule is CCCC1=CC(=O)CC(C)N1CCc1ccccc1. The molecule has 1 aromatic rings. The van der Waals surface area contributed by atoms with Gasteiger partial charge in [-0.25, -0.2) is 0 Å². The van der Waals surface area contributed by atoms with Gasteiger partial charge in [0, 0.05) is 30.8 Å². The highest BCUT2D eigenvalue weighted by Crippen LogP contribution is 2.23. The molecule has 2 heteroatoms. The normalized spacial score (nSPS) is 19.5. The van der Waals surface area contributed by atoms with Crippen LogP contribution < -0.4 is 0 Å². The Morgan fingerprint density at radius 1 is 1.21 bits per heavy atom. The molecule has 0 saturated carbocycles. The Morgan fingerprint density at radius 3 is 2.63 bits per heavy atom. The molecule has 1 atom stereocenters. The van der Waals surface area contributed by atoms with Gasteiger partial charge in [0.2, 0.25) is 0 Å². The number of carbonyl (C=O) groups is 1. The molecule has 0 amide bonds. The van der Waals surface area contributed by atoms with Gasteiger partial charge in [0.15, 0.2) is 5.78 Å². The number of nitrogens with zero attached hydrogens (tertiary/aromatic N) is 1. The molecule has 1 aliphatic heterocycles. The predicted molar refractivity (Wildman–Crippen MR) is 78.9 cm³/mol. The van der Waals surface area contributed by atoms with Crippen LogP contribution in [0.3, 0.4) is 0 Å². The largest absolute Gasteiger partial charge is 0.371 e. The number of benzene rings is 1. The number of hydrogen-bond acceptors (Lipinski definition) is 2. The zero-order valence-corrected chi connectivity index (χ0v) is 11.9. The van der Waals surface area contributed by atoms with E-state index in [9.17, 15) is 4.79 Å². The summed E-state index contributed by atoms with van der Waals surface area (Å²) in [5.41, 5.74) is 2.59. The van der Waals surface area contributed by atoms with Gasteiger partial charge in [-0.2, -0.15) is 0 Å². The second-order valence-electron chi connectivity index (χ2n) is 5.33. The molecule has 0 aromatic heterocycles. The van der Waals surface area contributed by atoms with Crippen molar-refractivity contribution in [3.63, 3.8) is 0 Å². The second-order valence-corrected chi connectivity index (χ2v) is 5.33. The van der Waals surface area contributed by atoms with Crippen molar-refractivity contribution in [2.24, 2.45) is 0 Å². The van der Waals surface area contributed by atoms with Crippen molar-refractivity contribution in [3.05, 3.63) is 47.7 Å². The first-order valence-corrected chi connectivity index (χ1v) is 7.24. The lowest BCUT2D eigenvalue weighted by Gasteiger charge is -2.36. The number of carbonyl (C=O) groups excluding carboxylic acids is 1. The lowest BCUT2D eigenvalue weighted by atomic mass is 10.00. The molecule has 0 spiro atoms. The summed E-state index contributed by atoms with van der Waals surface area (Å²) >= 11 is 0. The van der Waals surface area contributed by atoms with Gasteiger partial charge in [-0.3, -0.25) is 4.79 Å². The Balaban J connectivity index is 2.04. The maximum atomic E-state index is 11.7. The number of rotatable bonds is 5. The van der Waals surface area contributed by atoms with E-state index in [4.69, 9.17) is 0 Å². The molecule has 0 aliphatic carbocycles. The molecular weight excluding hydrogens is 234 g/mol. The molecule has 0 N–H and O–H groups in total. The van der Waals surface area contributed by atoms with E-state index in [0.717, 1.165) is 25.8 Å². The minimum absolute atomic E-state index is 0.284. The summed E-state index contributed by atoms with van der Waals surface area (Å²) in [7, 11) is 0. The highest BCUT2D eigenvalue weighted by molar-refractivity contribution is 5.91. The number of hydrogen-bond donors (Lipinski definition) is 0. The van der Waals surface area contributed by atoms with Crippen LogP contribution in [0.25, 0.3) is 0 Å². The van der Waals surface area contributed by atoms with Crippen LogP contribution >= 0.6 is 0 Å². The van der Waals surface area contributed by atoms with Crippen molar-refractivity contribution in [3.8, 4) is 0 Å². The molecule has 0 fully saturated rings. The third kappa shape index (κ3) is 3.69. The van der Waals surface area contributed by atoms with Crippen molar-refractivity contribution in [2.75, 3.05) is 6.54 Å². The maximum Gasteiger partial charge on any atom is 0.159 e. The van der Waals surface area contributed by atoms with E-state index in [1.54, 1.807) is 0 Å². The van der Waals surface area contributed by atoms with E-state index >= 15 is 0 Å². The zero-order valence-electron chi connectivity index (χ0n) is 11.9. The lowest BCUT2D eigenvalue weighted by molar-refractivity contribution is -0.116. The summed E-state index contributed by atoms with van der Waals surface area (Å²) in [6.07, 6.45) is 5.65. The molecule has 1 heterocycles. The quantitative estimate of drug-likeness (QED) is 0.803. The fraction of sp³-hybridized carbons (Fsp3) is 0.471. The smallest absolute Gasteiger partial charge is 0.159 e. The van der Waals surface area contributed by atoms with Crippen LogP contribution in [0.4, 0.5) is 0 Å². The van der Waals surface area contributed by atoms with Crippen molar-refractivity contribution < 1.29 is 4.79 Å². The maximum absolute atomic E-state index is 11.7. The Bertz CT molecular complexity index is 450. The Kier molecular flexibility index (Phi) is 4.78. The van der Waals surface area contributed by atoms with Crippen LogP contribution in [0.15, 0.2) is 42.1 Å². The highest BCUT2D eigenvalue weighted by atomic mass is 16.1. The van der Waals surface area contributed by atoms with Gasteiger partial charge in [0.1, 0.15) is 0 Å². The molecule has 1 aliphatic rings. The van der Waals surface area contributed by atoms with Crippen LogP contribution in [0.1, 0.15) is 38.7 Å². The summed E-state index contributed by atoms with van der Waals surface area (Å²) in [6, 6.07) is 10.9. The van der Waals surface area contributed by atoms with Gasteiger partial charge in [-0.1, -0.05) is 43.7 Å². The van der Waals surface area contributed by atoms with E-state index in [1.807, 2.05) is 12.1 Å². The molecule has 102 valence electrons.